The van der Waals surface area contributed by atoms with Crippen LogP contribution in [-0.2, 0) is 4.74 Å². The lowest BCUT2D eigenvalue weighted by Crippen LogP contribution is -1.92. The summed E-state index contributed by atoms with van der Waals surface area (Å²) in [5.41, 5.74) is 0.125. The quantitative estimate of drug-likeness (QED) is 0.319. The van der Waals surface area contributed by atoms with E-state index in [4.69, 9.17) is 4.74 Å². The zero-order chi connectivity index (χ0) is 4.78. The van der Waals surface area contributed by atoms with Crippen LogP contribution in [0.3, 0.4) is 0 Å². The van der Waals surface area contributed by atoms with Gasteiger partial charge in [0.1, 0.15) is 6.92 Å². The summed E-state index contributed by atoms with van der Waals surface area (Å²) in [6, 6.07) is 0. The lowest BCUT2D eigenvalue weighted by Gasteiger charge is -1.69. The Balaban J connectivity index is 2.41. The molecule has 0 unspecified atom stereocenters. The van der Waals surface area contributed by atoms with Gasteiger partial charge < -0.3 is 0 Å². The molecule has 34 valence electrons. The first-order chi connectivity index (χ1) is 2.63. The van der Waals surface area contributed by atoms with E-state index in [1.165, 1.54) is 0 Å². The molecular weight excluding hydrogens is 76.1 g/mol. The molecule has 1 fully saturated rings. The van der Waals surface area contributed by atoms with E-state index in [-0.39, 0.29) is 5.60 Å². The third-order valence-corrected chi connectivity index (χ3v) is 1.21. The Morgan fingerprint density at radius 1 is 1.50 bits per heavy atom. The molecule has 0 atom stereocenters. The Bertz CT molecular complexity index is 66.3. The second kappa shape index (κ2) is 0.733. The first-order valence-corrected chi connectivity index (χ1v) is 2.16. The van der Waals surface area contributed by atoms with Gasteiger partial charge in [0.15, 0.2) is 0 Å². The van der Waals surface area contributed by atoms with Crippen molar-refractivity contribution < 1.29 is 4.74 Å². The van der Waals surface area contributed by atoms with Crippen LogP contribution < -0.4 is 0 Å². The van der Waals surface area contributed by atoms with Crippen molar-refractivity contribution in [3.05, 3.63) is 6.10 Å². The third kappa shape index (κ3) is 0.393. The summed E-state index contributed by atoms with van der Waals surface area (Å²) in [5, 5.41) is 0. The summed E-state index contributed by atoms with van der Waals surface area (Å²) in [7, 11) is 0. The van der Waals surface area contributed by atoms with Gasteiger partial charge in [-0.15, -0.1) is 4.74 Å². The topological polar surface area (TPSA) is 12.5 Å². The largest absolute Gasteiger partial charge is 0.282 e. The van der Waals surface area contributed by atoms with Crippen molar-refractivity contribution in [2.75, 3.05) is 0 Å². The fraction of sp³-hybridized carbons (Fsp3) is 0.800. The van der Waals surface area contributed by atoms with E-state index in [0.29, 0.717) is 0 Å². The molecule has 1 saturated heterocycles. The summed E-state index contributed by atoms with van der Waals surface area (Å²) in [4.78, 5) is 0. The van der Waals surface area contributed by atoms with Crippen molar-refractivity contribution in [2.24, 2.45) is 0 Å². The molecule has 1 rings (SSSR count). The average molecular weight is 85.1 g/mol. The van der Waals surface area contributed by atoms with Crippen molar-refractivity contribution in [1.82, 2.24) is 0 Å². The molecule has 0 aromatic heterocycles. The molecule has 1 nitrogen and oxygen atoms in total. The van der Waals surface area contributed by atoms with Crippen molar-refractivity contribution in [1.29, 1.82) is 0 Å². The van der Waals surface area contributed by atoms with E-state index >= 15 is 0 Å². The minimum Gasteiger partial charge on any atom is -0.134 e. The summed E-state index contributed by atoms with van der Waals surface area (Å²) < 4.78 is 5.02. The summed E-state index contributed by atoms with van der Waals surface area (Å²) in [6.45, 7) is 6.12. The minimum atomic E-state index is 0.125. The molecule has 0 aliphatic carbocycles. The maximum absolute atomic E-state index is 5.02. The van der Waals surface area contributed by atoms with Gasteiger partial charge in [-0.3, -0.25) is 0 Å². The van der Waals surface area contributed by atoms with Crippen molar-refractivity contribution >= 4 is 0 Å². The highest BCUT2D eigenvalue weighted by molar-refractivity contribution is 5.08. The fourth-order valence-corrected chi connectivity index (χ4v) is 0.357. The van der Waals surface area contributed by atoms with E-state index in [1.54, 1.807) is 0 Å². The van der Waals surface area contributed by atoms with Crippen LogP contribution in [0.1, 0.15) is 20.8 Å². The molecule has 0 saturated carbocycles. The number of epoxide rings is 1. The van der Waals surface area contributed by atoms with Gasteiger partial charge in [-0.2, -0.15) is 0 Å². The van der Waals surface area contributed by atoms with E-state index in [1.807, 2.05) is 6.92 Å². The predicted molar refractivity (Wildman–Crippen MR) is 24.1 cm³/mol. The molecule has 0 bridgehead atoms. The summed E-state index contributed by atoms with van der Waals surface area (Å²) in [6.07, 6.45) is 1.16. The van der Waals surface area contributed by atoms with Gasteiger partial charge >= 0.3 is 0 Å². The van der Waals surface area contributed by atoms with Gasteiger partial charge in [0.2, 0.25) is 0 Å². The van der Waals surface area contributed by atoms with Crippen LogP contribution in [0, 0.1) is 6.10 Å². The van der Waals surface area contributed by atoms with Gasteiger partial charge in [0, 0.05) is 13.8 Å². The predicted octanol–water partition coefficient (Wildman–Crippen LogP) is 1.35. The van der Waals surface area contributed by atoms with E-state index in [0.717, 1.165) is 6.10 Å². The molecule has 1 heterocycles. The van der Waals surface area contributed by atoms with Gasteiger partial charge in [0.05, 0.1) is 0 Å². The van der Waals surface area contributed by atoms with Gasteiger partial charge in [-0.05, 0) is 0 Å². The second-order valence-corrected chi connectivity index (χ2v) is 2.17. The number of rotatable bonds is 0. The maximum atomic E-state index is 5.02. The fourth-order valence-electron chi connectivity index (χ4n) is 0.357. The normalized spacial score (nSPS) is 27.5. The second-order valence-electron chi connectivity index (χ2n) is 2.17. The zero-order valence-electron chi connectivity index (χ0n) is 4.41. The van der Waals surface area contributed by atoms with E-state index in [2.05, 4.69) is 13.8 Å². The van der Waals surface area contributed by atoms with Gasteiger partial charge in [-0.25, -0.2) is 0 Å². The highest BCUT2D eigenvalue weighted by Crippen LogP contribution is 2.41. The molecule has 1 heteroatoms. The van der Waals surface area contributed by atoms with Crippen LogP contribution >= 0.6 is 0 Å². The Kier molecular flexibility index (Phi) is 0.489. The number of hydrogen-bond acceptors (Lipinski definition) is 1. The minimum absolute atomic E-state index is 0.125. The molecule has 0 aromatic rings. The van der Waals surface area contributed by atoms with Crippen LogP contribution in [-0.4, -0.2) is 5.60 Å². The molecular formula is C5H9O+. The van der Waals surface area contributed by atoms with Crippen LogP contribution in [0.15, 0.2) is 0 Å². The highest BCUT2D eigenvalue weighted by Gasteiger charge is 2.61. The first kappa shape index (κ1) is 4.00. The van der Waals surface area contributed by atoms with Gasteiger partial charge in [-0.1, -0.05) is 0 Å². The molecule has 1 aliphatic heterocycles. The Hall–Kier alpha value is -0.170. The molecule has 0 N–H and O–H groups in total. The Labute approximate surface area is 38.3 Å². The summed E-state index contributed by atoms with van der Waals surface area (Å²) in [5.74, 6) is 0. The molecule has 0 spiro atoms. The van der Waals surface area contributed by atoms with Crippen LogP contribution in [0.4, 0.5) is 0 Å². The molecule has 0 aromatic carbocycles. The molecule has 0 amide bonds. The monoisotopic (exact) mass is 85.1 g/mol. The van der Waals surface area contributed by atoms with Crippen molar-refractivity contribution in [3.63, 3.8) is 0 Å². The lowest BCUT2D eigenvalue weighted by atomic mass is 10.2. The maximum Gasteiger partial charge on any atom is 0.282 e. The van der Waals surface area contributed by atoms with Crippen LogP contribution in [0.5, 0.6) is 0 Å². The molecule has 1 aliphatic rings. The third-order valence-electron chi connectivity index (χ3n) is 1.21. The molecule has 6 heavy (non-hydrogen) atoms. The van der Waals surface area contributed by atoms with Crippen molar-refractivity contribution in [3.8, 4) is 0 Å². The van der Waals surface area contributed by atoms with Gasteiger partial charge in [0.25, 0.3) is 11.7 Å². The lowest BCUT2D eigenvalue weighted by molar-refractivity contribution is 0.344. The highest BCUT2D eigenvalue weighted by atomic mass is 16.6. The Morgan fingerprint density at radius 3 is 1.67 bits per heavy atom. The van der Waals surface area contributed by atoms with Crippen molar-refractivity contribution in [2.45, 2.75) is 26.4 Å². The smallest absolute Gasteiger partial charge is 0.134 e. The first-order valence-electron chi connectivity index (χ1n) is 2.16. The average Bonchev–Trinajstić information content (AvgIpc) is 1.73. The number of ether oxygens (including phenoxy) is 1. The standard InChI is InChI=1S/C5H9O/c1-4-5(2,3)6-4/h1-3H3/q+1. The number of hydrogen-bond donors (Lipinski definition) is 0. The van der Waals surface area contributed by atoms with Crippen LogP contribution in [0.25, 0.3) is 0 Å². The van der Waals surface area contributed by atoms with Crippen LogP contribution in [0.2, 0.25) is 0 Å². The molecule has 0 radical (unpaired) electrons. The van der Waals surface area contributed by atoms with E-state index in [9.17, 15) is 0 Å². The Morgan fingerprint density at radius 2 is 1.67 bits per heavy atom. The SMILES string of the molecule is C[C+]1OC1(C)C. The van der Waals surface area contributed by atoms with E-state index < -0.39 is 0 Å². The zero-order valence-corrected chi connectivity index (χ0v) is 4.41. The summed E-state index contributed by atoms with van der Waals surface area (Å²) >= 11 is 0.